The summed E-state index contributed by atoms with van der Waals surface area (Å²) in [5.41, 5.74) is 1.08. The third kappa shape index (κ3) is 3.96. The van der Waals surface area contributed by atoms with E-state index in [0.29, 0.717) is 30.3 Å². The maximum atomic E-state index is 12.6. The third-order valence-electron chi connectivity index (χ3n) is 3.92. The minimum Gasteiger partial charge on any atom is -0.486 e. The van der Waals surface area contributed by atoms with Crippen molar-refractivity contribution in [2.24, 2.45) is 0 Å². The molecule has 0 saturated heterocycles. The molecule has 0 saturated carbocycles. The Balaban J connectivity index is 1.65. The van der Waals surface area contributed by atoms with Gasteiger partial charge in [0, 0.05) is 11.7 Å². The summed E-state index contributed by atoms with van der Waals surface area (Å²) < 4.78 is 16.1. The van der Waals surface area contributed by atoms with Crippen LogP contribution in [0.2, 0.25) is 0 Å². The van der Waals surface area contributed by atoms with Gasteiger partial charge in [-0.3, -0.25) is 4.79 Å². The van der Waals surface area contributed by atoms with Gasteiger partial charge in [-0.25, -0.2) is 4.79 Å². The van der Waals surface area contributed by atoms with E-state index >= 15 is 0 Å². The molecule has 0 aliphatic carbocycles. The van der Waals surface area contributed by atoms with Crippen LogP contribution in [0.25, 0.3) is 0 Å². The van der Waals surface area contributed by atoms with Gasteiger partial charge in [0.25, 0.3) is 5.91 Å². The molecule has 1 aliphatic heterocycles. The molecular formula is C20H21NO5. The second-order valence-corrected chi connectivity index (χ2v) is 6.13. The first-order chi connectivity index (χ1) is 12.6. The molecule has 0 atom stereocenters. The van der Waals surface area contributed by atoms with Gasteiger partial charge in [0.05, 0.1) is 5.56 Å². The zero-order chi connectivity index (χ0) is 18.5. The highest BCUT2D eigenvalue weighted by molar-refractivity contribution is 5.97. The molecule has 1 amide bonds. The van der Waals surface area contributed by atoms with Crippen molar-refractivity contribution in [2.45, 2.75) is 19.9 Å². The highest BCUT2D eigenvalue weighted by Crippen LogP contribution is 2.31. The molecule has 136 valence electrons. The highest BCUT2D eigenvalue weighted by atomic mass is 16.6. The molecule has 0 unspecified atom stereocenters. The van der Waals surface area contributed by atoms with E-state index in [1.54, 1.807) is 23.1 Å². The molecule has 0 N–H and O–H groups in total. The Morgan fingerprint density at radius 1 is 1.04 bits per heavy atom. The Hall–Kier alpha value is -3.02. The van der Waals surface area contributed by atoms with E-state index in [-0.39, 0.29) is 18.6 Å². The summed E-state index contributed by atoms with van der Waals surface area (Å²) in [6.45, 7) is 4.40. The van der Waals surface area contributed by atoms with Gasteiger partial charge < -0.3 is 19.1 Å². The number of nitrogens with zero attached hydrogens (tertiary/aromatic N) is 1. The highest BCUT2D eigenvalue weighted by Gasteiger charge is 2.21. The standard InChI is InChI=1S/C20H21NO5/c1-14(2)21(16-6-4-3-5-7-16)19(22)13-26-20(23)15-8-9-17-18(12-15)25-11-10-24-17/h3-9,12,14H,10-11,13H2,1-2H3. The monoisotopic (exact) mass is 355 g/mol. The fourth-order valence-electron chi connectivity index (χ4n) is 2.77. The Labute approximate surface area is 152 Å². The van der Waals surface area contributed by atoms with Crippen LogP contribution in [-0.2, 0) is 9.53 Å². The molecule has 0 aromatic heterocycles. The second kappa shape index (κ2) is 7.91. The lowest BCUT2D eigenvalue weighted by Gasteiger charge is -2.26. The number of amides is 1. The SMILES string of the molecule is CC(C)N(C(=O)COC(=O)c1ccc2c(c1)OCCO2)c1ccccc1. The second-order valence-electron chi connectivity index (χ2n) is 6.13. The number of hydrogen-bond acceptors (Lipinski definition) is 5. The minimum absolute atomic E-state index is 0.0575. The zero-order valence-corrected chi connectivity index (χ0v) is 14.8. The number of rotatable bonds is 5. The molecule has 2 aromatic carbocycles. The van der Waals surface area contributed by atoms with E-state index in [1.807, 2.05) is 44.2 Å². The number of anilines is 1. The van der Waals surface area contributed by atoms with E-state index in [4.69, 9.17) is 14.2 Å². The summed E-state index contributed by atoms with van der Waals surface area (Å²) in [6.07, 6.45) is 0. The number of ether oxygens (including phenoxy) is 3. The number of para-hydroxylation sites is 1. The van der Waals surface area contributed by atoms with Crippen LogP contribution in [0.3, 0.4) is 0 Å². The summed E-state index contributed by atoms with van der Waals surface area (Å²) in [5.74, 6) is 0.244. The number of fused-ring (bicyclic) bond motifs is 1. The van der Waals surface area contributed by atoms with Crippen LogP contribution in [0, 0.1) is 0 Å². The van der Waals surface area contributed by atoms with Crippen LogP contribution in [-0.4, -0.2) is 37.7 Å². The van der Waals surface area contributed by atoms with Crippen LogP contribution in [0.1, 0.15) is 24.2 Å². The lowest BCUT2D eigenvalue weighted by Crippen LogP contribution is -2.39. The minimum atomic E-state index is -0.577. The van der Waals surface area contributed by atoms with Crippen molar-refractivity contribution in [3.63, 3.8) is 0 Å². The quantitative estimate of drug-likeness (QED) is 0.771. The molecule has 2 aromatic rings. The molecule has 1 heterocycles. The van der Waals surface area contributed by atoms with Gasteiger partial charge in [-0.05, 0) is 44.2 Å². The lowest BCUT2D eigenvalue weighted by molar-refractivity contribution is -0.122. The smallest absolute Gasteiger partial charge is 0.338 e. The van der Waals surface area contributed by atoms with Crippen LogP contribution in [0.5, 0.6) is 11.5 Å². The Morgan fingerprint density at radius 3 is 2.42 bits per heavy atom. The van der Waals surface area contributed by atoms with Crippen LogP contribution in [0.15, 0.2) is 48.5 Å². The van der Waals surface area contributed by atoms with Crippen molar-refractivity contribution >= 4 is 17.6 Å². The molecule has 6 nitrogen and oxygen atoms in total. The number of esters is 1. The first-order valence-electron chi connectivity index (χ1n) is 8.50. The number of carbonyl (C=O) groups is 2. The number of carbonyl (C=O) groups excluding carboxylic acids is 2. The average Bonchev–Trinajstić information content (AvgIpc) is 2.66. The van der Waals surface area contributed by atoms with Crippen LogP contribution in [0.4, 0.5) is 5.69 Å². The van der Waals surface area contributed by atoms with Crippen molar-refractivity contribution in [3.05, 3.63) is 54.1 Å². The summed E-state index contributed by atoms with van der Waals surface area (Å²) >= 11 is 0. The van der Waals surface area contributed by atoms with Gasteiger partial charge in [0.2, 0.25) is 0 Å². The molecule has 0 radical (unpaired) electrons. The normalized spacial score (nSPS) is 12.6. The maximum Gasteiger partial charge on any atom is 0.338 e. The van der Waals surface area contributed by atoms with Gasteiger partial charge in [-0.15, -0.1) is 0 Å². The van der Waals surface area contributed by atoms with Gasteiger partial charge >= 0.3 is 5.97 Å². The molecule has 1 aliphatic rings. The fraction of sp³-hybridized carbons (Fsp3) is 0.300. The predicted octanol–water partition coefficient (Wildman–Crippen LogP) is 3.06. The number of benzene rings is 2. The molecule has 6 heteroatoms. The largest absolute Gasteiger partial charge is 0.486 e. The van der Waals surface area contributed by atoms with Gasteiger partial charge in [0.15, 0.2) is 18.1 Å². The molecule has 26 heavy (non-hydrogen) atoms. The first kappa shape index (κ1) is 17.8. The molecule has 0 fully saturated rings. The van der Waals surface area contributed by atoms with Crippen molar-refractivity contribution in [2.75, 3.05) is 24.7 Å². The van der Waals surface area contributed by atoms with Gasteiger partial charge in [-0.2, -0.15) is 0 Å². The third-order valence-corrected chi connectivity index (χ3v) is 3.92. The Kier molecular flexibility index (Phi) is 5.41. The first-order valence-corrected chi connectivity index (χ1v) is 8.50. The Morgan fingerprint density at radius 2 is 1.73 bits per heavy atom. The summed E-state index contributed by atoms with van der Waals surface area (Å²) in [6, 6.07) is 14.1. The van der Waals surface area contributed by atoms with Crippen LogP contribution < -0.4 is 14.4 Å². The molecule has 3 rings (SSSR count). The lowest BCUT2D eigenvalue weighted by atomic mass is 10.2. The summed E-state index contributed by atoms with van der Waals surface area (Å²) in [7, 11) is 0. The molecular weight excluding hydrogens is 334 g/mol. The molecule has 0 spiro atoms. The van der Waals surface area contributed by atoms with E-state index in [9.17, 15) is 9.59 Å². The van der Waals surface area contributed by atoms with Crippen molar-refractivity contribution < 1.29 is 23.8 Å². The van der Waals surface area contributed by atoms with Crippen molar-refractivity contribution in [1.29, 1.82) is 0 Å². The maximum absolute atomic E-state index is 12.6. The van der Waals surface area contributed by atoms with Crippen LogP contribution >= 0.6 is 0 Å². The average molecular weight is 355 g/mol. The zero-order valence-electron chi connectivity index (χ0n) is 14.8. The van der Waals surface area contributed by atoms with E-state index < -0.39 is 5.97 Å². The van der Waals surface area contributed by atoms with E-state index in [1.165, 1.54) is 0 Å². The predicted molar refractivity (Wildman–Crippen MR) is 96.8 cm³/mol. The van der Waals surface area contributed by atoms with Crippen molar-refractivity contribution in [3.8, 4) is 11.5 Å². The number of hydrogen-bond donors (Lipinski definition) is 0. The molecule has 0 bridgehead atoms. The van der Waals surface area contributed by atoms with Crippen molar-refractivity contribution in [1.82, 2.24) is 0 Å². The fourth-order valence-corrected chi connectivity index (χ4v) is 2.77. The topological polar surface area (TPSA) is 65.1 Å². The van der Waals surface area contributed by atoms with Gasteiger partial charge in [0.1, 0.15) is 13.2 Å². The van der Waals surface area contributed by atoms with Gasteiger partial charge in [-0.1, -0.05) is 18.2 Å². The Bertz CT molecular complexity index is 788. The summed E-state index contributed by atoms with van der Waals surface area (Å²) in [4.78, 5) is 26.4. The van der Waals surface area contributed by atoms with E-state index in [0.717, 1.165) is 5.69 Å². The van der Waals surface area contributed by atoms with E-state index in [2.05, 4.69) is 0 Å². The summed E-state index contributed by atoms with van der Waals surface area (Å²) in [5, 5.41) is 0.